The van der Waals surface area contributed by atoms with E-state index in [4.69, 9.17) is 0 Å². The zero-order valence-electron chi connectivity index (χ0n) is 28.7. The first-order valence-electron chi connectivity index (χ1n) is 17.8. The number of para-hydroxylation sites is 2. The first-order chi connectivity index (χ1) is 25.1. The topological polar surface area (TPSA) is 8.17 Å². The Balaban J connectivity index is 1.20. The molecule has 0 bridgehead atoms. The zero-order chi connectivity index (χ0) is 34.1. The predicted octanol–water partition coefficient (Wildman–Crippen LogP) is 13.4. The van der Waals surface area contributed by atoms with Crippen molar-refractivity contribution in [2.24, 2.45) is 0 Å². The van der Waals surface area contributed by atoms with Gasteiger partial charge in [0.1, 0.15) is 0 Å². The summed E-state index contributed by atoms with van der Waals surface area (Å²) >= 11 is 0. The number of aromatic nitrogens is 1. The first-order valence-corrected chi connectivity index (χ1v) is 17.8. The van der Waals surface area contributed by atoms with Crippen LogP contribution in [0.2, 0.25) is 0 Å². The van der Waals surface area contributed by atoms with Crippen LogP contribution in [0, 0.1) is 0 Å². The molecule has 0 atom stereocenters. The zero-order valence-corrected chi connectivity index (χ0v) is 28.7. The van der Waals surface area contributed by atoms with Crippen LogP contribution in [0.5, 0.6) is 0 Å². The van der Waals surface area contributed by atoms with Crippen molar-refractivity contribution in [2.75, 3.05) is 4.90 Å². The van der Waals surface area contributed by atoms with Crippen molar-refractivity contribution in [3.63, 3.8) is 0 Å². The fraction of sp³-hybridized carbons (Fsp3) is 0.0612. The molecule has 51 heavy (non-hydrogen) atoms. The van der Waals surface area contributed by atoms with Gasteiger partial charge in [-0.25, -0.2) is 0 Å². The van der Waals surface area contributed by atoms with E-state index in [1.165, 1.54) is 66.0 Å². The molecule has 0 aliphatic heterocycles. The quantitative estimate of drug-likeness (QED) is 0.180. The molecule has 0 N–H and O–H groups in total. The molecule has 9 aromatic rings. The van der Waals surface area contributed by atoms with Crippen LogP contribution in [-0.2, 0) is 5.41 Å². The van der Waals surface area contributed by atoms with Gasteiger partial charge in [-0.05, 0) is 105 Å². The summed E-state index contributed by atoms with van der Waals surface area (Å²) in [5.74, 6) is 0. The van der Waals surface area contributed by atoms with Crippen molar-refractivity contribution in [3.8, 4) is 27.9 Å². The number of benzene rings is 8. The molecule has 0 fully saturated rings. The molecule has 1 aromatic heterocycles. The minimum absolute atomic E-state index is 0.0545. The number of fused-ring (bicyclic) bond motifs is 8. The molecule has 242 valence electrons. The molecule has 0 saturated heterocycles. The largest absolute Gasteiger partial charge is 0.310 e. The summed E-state index contributed by atoms with van der Waals surface area (Å²) in [6.07, 6.45) is 0. The van der Waals surface area contributed by atoms with Crippen LogP contribution in [0.4, 0.5) is 17.1 Å². The second-order valence-corrected chi connectivity index (χ2v) is 14.2. The third-order valence-electron chi connectivity index (χ3n) is 11.0. The molecule has 1 aliphatic rings. The fourth-order valence-electron chi connectivity index (χ4n) is 8.48. The molecule has 0 spiro atoms. The van der Waals surface area contributed by atoms with Gasteiger partial charge in [0.2, 0.25) is 0 Å². The Morgan fingerprint density at radius 3 is 1.82 bits per heavy atom. The van der Waals surface area contributed by atoms with E-state index in [1.807, 2.05) is 0 Å². The highest BCUT2D eigenvalue weighted by Crippen LogP contribution is 2.52. The molecule has 0 radical (unpaired) electrons. The maximum atomic E-state index is 2.42. The fourth-order valence-corrected chi connectivity index (χ4v) is 8.48. The minimum atomic E-state index is -0.0545. The standard InChI is InChI=1S/C49H36N2/c1-49(2)44-19-11-9-18-41(44)48-42-31-38(27-23-35(42)24-29-45(48)49)50(37-25-21-34(22-26-37)33-13-5-3-6-14-33)39-28-30-47-43(32-39)40-17-10-12-20-46(40)51(47)36-15-7-4-8-16-36/h3-32H,1-2H3. The molecule has 2 nitrogen and oxygen atoms in total. The number of anilines is 3. The second kappa shape index (κ2) is 11.3. The Kier molecular flexibility index (Phi) is 6.56. The molecular weight excluding hydrogens is 617 g/mol. The lowest BCUT2D eigenvalue weighted by Crippen LogP contribution is -2.14. The minimum Gasteiger partial charge on any atom is -0.310 e. The third kappa shape index (κ3) is 4.57. The highest BCUT2D eigenvalue weighted by atomic mass is 15.1. The van der Waals surface area contributed by atoms with E-state index >= 15 is 0 Å². The molecule has 10 rings (SSSR count). The summed E-state index contributed by atoms with van der Waals surface area (Å²) in [6.45, 7) is 4.71. The second-order valence-electron chi connectivity index (χ2n) is 14.2. The van der Waals surface area contributed by atoms with E-state index in [0.29, 0.717) is 0 Å². The molecule has 8 aromatic carbocycles. The summed E-state index contributed by atoms with van der Waals surface area (Å²) < 4.78 is 2.38. The van der Waals surface area contributed by atoms with Crippen molar-refractivity contribution < 1.29 is 0 Å². The lowest BCUT2D eigenvalue weighted by molar-refractivity contribution is 0.661. The van der Waals surface area contributed by atoms with E-state index < -0.39 is 0 Å². The Morgan fingerprint density at radius 2 is 1.02 bits per heavy atom. The van der Waals surface area contributed by atoms with Crippen LogP contribution >= 0.6 is 0 Å². The molecular formula is C49H36N2. The predicted molar refractivity (Wildman–Crippen MR) is 216 cm³/mol. The third-order valence-corrected chi connectivity index (χ3v) is 11.0. The van der Waals surface area contributed by atoms with Gasteiger partial charge in [-0.2, -0.15) is 0 Å². The Labute approximate surface area is 298 Å². The summed E-state index contributed by atoms with van der Waals surface area (Å²) in [4.78, 5) is 2.42. The van der Waals surface area contributed by atoms with Crippen LogP contribution in [0.25, 0.3) is 60.5 Å². The summed E-state index contributed by atoms with van der Waals surface area (Å²) in [5, 5.41) is 5.02. The number of hydrogen-bond acceptors (Lipinski definition) is 1. The van der Waals surface area contributed by atoms with Crippen molar-refractivity contribution in [2.45, 2.75) is 19.3 Å². The van der Waals surface area contributed by atoms with Crippen LogP contribution < -0.4 is 4.90 Å². The number of nitrogens with zero attached hydrogens (tertiary/aromatic N) is 2. The lowest BCUT2D eigenvalue weighted by Gasteiger charge is -2.27. The van der Waals surface area contributed by atoms with E-state index in [2.05, 4.69) is 205 Å². The van der Waals surface area contributed by atoms with Gasteiger partial charge in [-0.1, -0.05) is 135 Å². The molecule has 1 aliphatic carbocycles. The van der Waals surface area contributed by atoms with Crippen LogP contribution in [0.1, 0.15) is 25.0 Å². The van der Waals surface area contributed by atoms with Gasteiger partial charge in [-0.3, -0.25) is 0 Å². The van der Waals surface area contributed by atoms with Gasteiger partial charge in [0.05, 0.1) is 11.0 Å². The van der Waals surface area contributed by atoms with Gasteiger partial charge < -0.3 is 9.47 Å². The van der Waals surface area contributed by atoms with E-state index in [0.717, 1.165) is 22.7 Å². The van der Waals surface area contributed by atoms with Crippen molar-refractivity contribution >= 4 is 49.6 Å². The van der Waals surface area contributed by atoms with E-state index in [1.54, 1.807) is 0 Å². The van der Waals surface area contributed by atoms with Gasteiger partial charge >= 0.3 is 0 Å². The van der Waals surface area contributed by atoms with E-state index in [-0.39, 0.29) is 5.41 Å². The summed E-state index contributed by atoms with van der Waals surface area (Å²) in [6, 6.07) is 66.6. The monoisotopic (exact) mass is 652 g/mol. The highest BCUT2D eigenvalue weighted by molar-refractivity contribution is 6.11. The Bertz CT molecular complexity index is 2750. The van der Waals surface area contributed by atoms with Crippen molar-refractivity contribution in [1.29, 1.82) is 0 Å². The smallest absolute Gasteiger partial charge is 0.0542 e. The average molecular weight is 653 g/mol. The maximum absolute atomic E-state index is 2.42. The van der Waals surface area contributed by atoms with E-state index in [9.17, 15) is 0 Å². The summed E-state index contributed by atoms with van der Waals surface area (Å²) in [5.41, 5.74) is 14.8. The molecule has 0 unspecified atom stereocenters. The van der Waals surface area contributed by atoms with Gasteiger partial charge in [0, 0.05) is 38.9 Å². The van der Waals surface area contributed by atoms with Crippen LogP contribution in [0.15, 0.2) is 182 Å². The van der Waals surface area contributed by atoms with Crippen molar-refractivity contribution in [1.82, 2.24) is 4.57 Å². The average Bonchev–Trinajstić information content (AvgIpc) is 3.64. The van der Waals surface area contributed by atoms with Crippen LogP contribution in [0.3, 0.4) is 0 Å². The Morgan fingerprint density at radius 1 is 0.431 bits per heavy atom. The Hall–Kier alpha value is -6.38. The molecule has 2 heteroatoms. The molecule has 1 heterocycles. The number of rotatable bonds is 5. The highest BCUT2D eigenvalue weighted by Gasteiger charge is 2.36. The SMILES string of the molecule is CC1(C)c2ccccc2-c2c1ccc1ccc(N(c3ccc(-c4ccccc4)cc3)c3ccc4c(c3)c3ccccc3n4-c3ccccc3)cc21. The first kappa shape index (κ1) is 29.5. The van der Waals surface area contributed by atoms with Gasteiger partial charge in [0.25, 0.3) is 0 Å². The molecule has 0 amide bonds. The summed E-state index contributed by atoms with van der Waals surface area (Å²) in [7, 11) is 0. The normalized spacial score (nSPS) is 13.1. The van der Waals surface area contributed by atoms with Crippen molar-refractivity contribution in [3.05, 3.63) is 193 Å². The van der Waals surface area contributed by atoms with Crippen LogP contribution in [-0.4, -0.2) is 4.57 Å². The lowest BCUT2D eigenvalue weighted by atomic mass is 9.82. The molecule has 0 saturated carbocycles. The number of hydrogen-bond donors (Lipinski definition) is 0. The van der Waals surface area contributed by atoms with Gasteiger partial charge in [-0.15, -0.1) is 0 Å². The van der Waals surface area contributed by atoms with Gasteiger partial charge in [0.15, 0.2) is 0 Å². The maximum Gasteiger partial charge on any atom is 0.0542 e.